The Kier molecular flexibility index (Phi) is 4.41. The summed E-state index contributed by atoms with van der Waals surface area (Å²) in [5, 5.41) is 8.99. The summed E-state index contributed by atoms with van der Waals surface area (Å²) in [6.45, 7) is 0.591. The Balaban J connectivity index is 1.85. The molecule has 0 saturated carbocycles. The molecule has 2 aromatic rings. The van der Waals surface area contributed by atoms with Gasteiger partial charge in [0.05, 0.1) is 12.2 Å². The first-order valence-corrected chi connectivity index (χ1v) is 6.26. The first-order valence-electron chi connectivity index (χ1n) is 6.26. The molecule has 3 nitrogen and oxygen atoms in total. The molecule has 0 heterocycles. The van der Waals surface area contributed by atoms with Gasteiger partial charge in [-0.05, 0) is 36.6 Å². The van der Waals surface area contributed by atoms with Crippen molar-refractivity contribution in [3.8, 4) is 11.8 Å². The lowest BCUT2D eigenvalue weighted by Gasteiger charge is -2.08. The van der Waals surface area contributed by atoms with E-state index in [2.05, 4.69) is 18.2 Å². The Labute approximate surface area is 113 Å². The largest absolute Gasteiger partial charge is 0.492 e. The SMILES string of the molecule is N#Cc1cc(N)ccc1OCCCc1ccccc1. The van der Waals surface area contributed by atoms with Crippen molar-refractivity contribution in [2.45, 2.75) is 12.8 Å². The fourth-order valence-corrected chi connectivity index (χ4v) is 1.86. The molecule has 0 radical (unpaired) electrons. The predicted molar refractivity (Wildman–Crippen MR) is 75.8 cm³/mol. The topological polar surface area (TPSA) is 59.0 Å². The summed E-state index contributed by atoms with van der Waals surface area (Å²) in [6, 6.07) is 17.5. The molecular formula is C16H16N2O. The van der Waals surface area contributed by atoms with E-state index in [1.165, 1.54) is 5.56 Å². The highest BCUT2D eigenvalue weighted by Gasteiger charge is 2.03. The Morgan fingerprint density at radius 1 is 1.11 bits per heavy atom. The van der Waals surface area contributed by atoms with Crippen LogP contribution in [-0.2, 0) is 6.42 Å². The minimum atomic E-state index is 0.486. The van der Waals surface area contributed by atoms with Crippen LogP contribution in [0.4, 0.5) is 5.69 Å². The number of hydrogen-bond acceptors (Lipinski definition) is 3. The second-order valence-electron chi connectivity index (χ2n) is 4.31. The average molecular weight is 252 g/mol. The molecule has 0 unspecified atom stereocenters. The first kappa shape index (κ1) is 13.0. The number of aryl methyl sites for hydroxylation is 1. The molecule has 0 amide bonds. The average Bonchev–Trinajstić information content (AvgIpc) is 2.46. The molecule has 0 spiro atoms. The van der Waals surface area contributed by atoms with Crippen LogP contribution in [0, 0.1) is 11.3 Å². The van der Waals surface area contributed by atoms with Crippen molar-refractivity contribution >= 4 is 5.69 Å². The first-order chi connectivity index (χ1) is 9.29. The van der Waals surface area contributed by atoms with Crippen LogP contribution in [0.15, 0.2) is 48.5 Å². The molecule has 0 aromatic heterocycles. The van der Waals surface area contributed by atoms with E-state index in [9.17, 15) is 0 Å². The zero-order chi connectivity index (χ0) is 13.5. The van der Waals surface area contributed by atoms with Gasteiger partial charge in [-0.3, -0.25) is 0 Å². The maximum Gasteiger partial charge on any atom is 0.137 e. The molecule has 0 atom stereocenters. The van der Waals surface area contributed by atoms with E-state index in [4.69, 9.17) is 15.7 Å². The van der Waals surface area contributed by atoms with Gasteiger partial charge in [-0.1, -0.05) is 30.3 Å². The third kappa shape index (κ3) is 3.75. The van der Waals surface area contributed by atoms with Crippen LogP contribution in [0.25, 0.3) is 0 Å². The Morgan fingerprint density at radius 3 is 2.63 bits per heavy atom. The van der Waals surface area contributed by atoms with Crippen molar-refractivity contribution in [3.05, 3.63) is 59.7 Å². The Bertz CT molecular complexity index is 573. The number of nitriles is 1. The Morgan fingerprint density at radius 2 is 1.89 bits per heavy atom. The fourth-order valence-electron chi connectivity index (χ4n) is 1.86. The zero-order valence-electron chi connectivity index (χ0n) is 10.7. The Hall–Kier alpha value is -2.47. The van der Waals surface area contributed by atoms with Gasteiger partial charge in [0.2, 0.25) is 0 Å². The molecule has 19 heavy (non-hydrogen) atoms. The fraction of sp³-hybridized carbons (Fsp3) is 0.188. The molecule has 0 aliphatic rings. The molecule has 0 aliphatic carbocycles. The highest BCUT2D eigenvalue weighted by Crippen LogP contribution is 2.20. The summed E-state index contributed by atoms with van der Waals surface area (Å²) in [6.07, 6.45) is 1.89. The van der Waals surface area contributed by atoms with Gasteiger partial charge in [0.25, 0.3) is 0 Å². The standard InChI is InChI=1S/C16H16N2O/c17-12-14-11-15(18)8-9-16(14)19-10-4-7-13-5-2-1-3-6-13/h1-3,5-6,8-9,11H,4,7,10,18H2. The maximum atomic E-state index is 8.99. The van der Waals surface area contributed by atoms with Crippen molar-refractivity contribution in [3.63, 3.8) is 0 Å². The van der Waals surface area contributed by atoms with Crippen molar-refractivity contribution in [2.75, 3.05) is 12.3 Å². The van der Waals surface area contributed by atoms with Crippen LogP contribution < -0.4 is 10.5 Å². The summed E-state index contributed by atoms with van der Waals surface area (Å²) in [5.41, 5.74) is 7.99. The van der Waals surface area contributed by atoms with Crippen LogP contribution in [0.1, 0.15) is 17.5 Å². The molecule has 0 saturated heterocycles. The minimum Gasteiger partial charge on any atom is -0.492 e. The molecule has 0 bridgehead atoms. The number of rotatable bonds is 5. The smallest absolute Gasteiger partial charge is 0.137 e. The number of hydrogen-bond donors (Lipinski definition) is 1. The van der Waals surface area contributed by atoms with Gasteiger partial charge in [0.15, 0.2) is 0 Å². The molecule has 2 N–H and O–H groups in total. The normalized spacial score (nSPS) is 9.84. The van der Waals surface area contributed by atoms with E-state index in [1.54, 1.807) is 18.2 Å². The van der Waals surface area contributed by atoms with Gasteiger partial charge in [0, 0.05) is 5.69 Å². The lowest BCUT2D eigenvalue weighted by molar-refractivity contribution is 0.310. The van der Waals surface area contributed by atoms with E-state index in [1.807, 2.05) is 18.2 Å². The summed E-state index contributed by atoms with van der Waals surface area (Å²) in [7, 11) is 0. The van der Waals surface area contributed by atoms with Crippen LogP contribution in [-0.4, -0.2) is 6.61 Å². The van der Waals surface area contributed by atoms with E-state index in [0.717, 1.165) is 12.8 Å². The van der Waals surface area contributed by atoms with Crippen LogP contribution >= 0.6 is 0 Å². The third-order valence-electron chi connectivity index (χ3n) is 2.83. The second kappa shape index (κ2) is 6.46. The van der Waals surface area contributed by atoms with Crippen molar-refractivity contribution in [1.82, 2.24) is 0 Å². The molecule has 2 rings (SSSR count). The molecular weight excluding hydrogens is 236 g/mol. The van der Waals surface area contributed by atoms with Gasteiger partial charge < -0.3 is 10.5 Å². The van der Waals surface area contributed by atoms with E-state index >= 15 is 0 Å². The summed E-state index contributed by atoms with van der Waals surface area (Å²) in [5.74, 6) is 0.602. The molecule has 0 aliphatic heterocycles. The minimum absolute atomic E-state index is 0.486. The monoisotopic (exact) mass is 252 g/mol. The number of nitrogen functional groups attached to an aromatic ring is 1. The van der Waals surface area contributed by atoms with E-state index < -0.39 is 0 Å². The number of ether oxygens (including phenoxy) is 1. The number of benzene rings is 2. The van der Waals surface area contributed by atoms with Crippen LogP contribution in [0.5, 0.6) is 5.75 Å². The van der Waals surface area contributed by atoms with Gasteiger partial charge in [-0.2, -0.15) is 5.26 Å². The van der Waals surface area contributed by atoms with Crippen molar-refractivity contribution in [1.29, 1.82) is 5.26 Å². The van der Waals surface area contributed by atoms with E-state index in [0.29, 0.717) is 23.6 Å². The lowest BCUT2D eigenvalue weighted by atomic mass is 10.1. The number of nitrogens with zero attached hydrogens (tertiary/aromatic N) is 1. The van der Waals surface area contributed by atoms with Gasteiger partial charge in [-0.25, -0.2) is 0 Å². The van der Waals surface area contributed by atoms with Crippen molar-refractivity contribution in [2.24, 2.45) is 0 Å². The molecule has 96 valence electrons. The van der Waals surface area contributed by atoms with Gasteiger partial charge in [0.1, 0.15) is 11.8 Å². The zero-order valence-corrected chi connectivity index (χ0v) is 10.7. The van der Waals surface area contributed by atoms with Gasteiger partial charge in [-0.15, -0.1) is 0 Å². The maximum absolute atomic E-state index is 8.99. The van der Waals surface area contributed by atoms with E-state index in [-0.39, 0.29) is 0 Å². The number of anilines is 1. The highest BCUT2D eigenvalue weighted by molar-refractivity contribution is 5.53. The summed E-state index contributed by atoms with van der Waals surface area (Å²) < 4.78 is 5.63. The third-order valence-corrected chi connectivity index (χ3v) is 2.83. The number of nitrogens with two attached hydrogens (primary N) is 1. The molecule has 0 fully saturated rings. The lowest BCUT2D eigenvalue weighted by Crippen LogP contribution is -2.01. The quantitative estimate of drug-likeness (QED) is 0.657. The highest BCUT2D eigenvalue weighted by atomic mass is 16.5. The van der Waals surface area contributed by atoms with Crippen LogP contribution in [0.2, 0.25) is 0 Å². The second-order valence-corrected chi connectivity index (χ2v) is 4.31. The van der Waals surface area contributed by atoms with Gasteiger partial charge >= 0.3 is 0 Å². The van der Waals surface area contributed by atoms with Crippen LogP contribution in [0.3, 0.4) is 0 Å². The molecule has 3 heteroatoms. The predicted octanol–water partition coefficient (Wildman–Crippen LogP) is 3.15. The molecule has 2 aromatic carbocycles. The van der Waals surface area contributed by atoms with Crippen molar-refractivity contribution < 1.29 is 4.74 Å². The summed E-state index contributed by atoms with van der Waals surface area (Å²) >= 11 is 0. The summed E-state index contributed by atoms with van der Waals surface area (Å²) in [4.78, 5) is 0.